The molecule has 0 radical (unpaired) electrons. The van der Waals surface area contributed by atoms with Crippen LogP contribution in [0.4, 0.5) is 0 Å². The molecule has 0 spiro atoms. The van der Waals surface area contributed by atoms with Gasteiger partial charge in [-0.15, -0.1) is 0 Å². The van der Waals surface area contributed by atoms with E-state index in [2.05, 4.69) is 77.1 Å². The Bertz CT molecular complexity index is 1050. The van der Waals surface area contributed by atoms with Crippen LogP contribution in [0.3, 0.4) is 0 Å². The summed E-state index contributed by atoms with van der Waals surface area (Å²) >= 11 is 0. The number of hydrogen-bond acceptors (Lipinski definition) is 2. The van der Waals surface area contributed by atoms with E-state index in [4.69, 9.17) is 9.47 Å². The van der Waals surface area contributed by atoms with Crippen molar-refractivity contribution in [1.29, 1.82) is 0 Å². The van der Waals surface area contributed by atoms with E-state index in [1.807, 2.05) is 49.4 Å². The fourth-order valence-corrected chi connectivity index (χ4v) is 3.29. The third-order valence-electron chi connectivity index (χ3n) is 5.34. The molecule has 0 aliphatic carbocycles. The van der Waals surface area contributed by atoms with Crippen LogP contribution in [-0.2, 0) is 5.41 Å². The molecule has 2 nitrogen and oxygen atoms in total. The lowest BCUT2D eigenvalue weighted by Crippen LogP contribution is -2.18. The second-order valence-electron chi connectivity index (χ2n) is 8.71. The molecule has 0 bridgehead atoms. The third kappa shape index (κ3) is 6.11. The first-order valence-corrected chi connectivity index (χ1v) is 10.7. The Balaban J connectivity index is 1.71. The van der Waals surface area contributed by atoms with E-state index in [0.717, 1.165) is 23.0 Å². The molecule has 0 fully saturated rings. The van der Waals surface area contributed by atoms with E-state index < -0.39 is 0 Å². The minimum absolute atomic E-state index is 0.131. The van der Waals surface area contributed by atoms with Crippen molar-refractivity contribution in [2.24, 2.45) is 0 Å². The summed E-state index contributed by atoms with van der Waals surface area (Å²) < 4.78 is 11.9. The zero-order valence-electron chi connectivity index (χ0n) is 19.4. The highest BCUT2D eigenvalue weighted by atomic mass is 16.5. The average Bonchev–Trinajstić information content (AvgIpc) is 2.75. The summed E-state index contributed by atoms with van der Waals surface area (Å²) in [5, 5.41) is 0. The molecule has 160 valence electrons. The van der Waals surface area contributed by atoms with Crippen molar-refractivity contribution in [1.82, 2.24) is 0 Å². The molecule has 0 heterocycles. The number of allylic oxidation sites excluding steroid dienone is 4. The molecule has 0 unspecified atom stereocenters. The Morgan fingerprint density at radius 1 is 0.645 bits per heavy atom. The van der Waals surface area contributed by atoms with E-state index in [9.17, 15) is 0 Å². The van der Waals surface area contributed by atoms with Gasteiger partial charge >= 0.3 is 0 Å². The van der Waals surface area contributed by atoms with Crippen molar-refractivity contribution < 1.29 is 9.47 Å². The van der Waals surface area contributed by atoms with E-state index in [-0.39, 0.29) is 5.41 Å². The highest BCUT2D eigenvalue weighted by Gasteiger charge is 2.23. The topological polar surface area (TPSA) is 18.5 Å². The largest absolute Gasteiger partial charge is 0.462 e. The van der Waals surface area contributed by atoms with Crippen LogP contribution in [0.25, 0.3) is 0 Å². The Kier molecular flexibility index (Phi) is 7.02. The fraction of sp³-hybridized carbons (Fsp3) is 0.241. The van der Waals surface area contributed by atoms with Gasteiger partial charge in [0, 0.05) is 5.41 Å². The van der Waals surface area contributed by atoms with Gasteiger partial charge in [0.25, 0.3) is 0 Å². The second-order valence-corrected chi connectivity index (χ2v) is 8.71. The van der Waals surface area contributed by atoms with E-state index in [1.165, 1.54) is 22.3 Å². The molecule has 3 rings (SSSR count). The second kappa shape index (κ2) is 9.70. The molecule has 3 aromatic carbocycles. The Morgan fingerprint density at radius 2 is 1.10 bits per heavy atom. The minimum atomic E-state index is -0.131. The monoisotopic (exact) mass is 412 g/mol. The maximum atomic E-state index is 5.97. The zero-order valence-corrected chi connectivity index (χ0v) is 19.4. The van der Waals surface area contributed by atoms with E-state index in [1.54, 1.807) is 0 Å². The summed E-state index contributed by atoms with van der Waals surface area (Å²) in [6.45, 7) is 12.7. The van der Waals surface area contributed by atoms with Crippen molar-refractivity contribution in [2.75, 3.05) is 0 Å². The zero-order chi connectivity index (χ0) is 22.4. The first-order valence-electron chi connectivity index (χ1n) is 10.7. The number of aryl methyl sites for hydroxylation is 1. The smallest absolute Gasteiger partial charge is 0.127 e. The predicted octanol–water partition coefficient (Wildman–Crippen LogP) is 8.36. The van der Waals surface area contributed by atoms with Gasteiger partial charge in [-0.2, -0.15) is 0 Å². The molecule has 0 atom stereocenters. The molecule has 2 heteroatoms. The van der Waals surface area contributed by atoms with Crippen LogP contribution in [0.1, 0.15) is 51.3 Å². The lowest BCUT2D eigenvalue weighted by Gasteiger charge is -2.26. The summed E-state index contributed by atoms with van der Waals surface area (Å²) in [6, 6.07) is 24.8. The normalized spacial score (nSPS) is 11.7. The van der Waals surface area contributed by atoms with Gasteiger partial charge in [-0.05, 0) is 81.3 Å². The molecule has 31 heavy (non-hydrogen) atoms. The standard InChI is InChI=1S/C29H32O2/c1-21(2)7-10-23(4)30-26-17-11-24(12-18-26)29(5,6)25-13-19-28(20-14-25)31-27-15-8-22(3)9-16-27/h7-20H,1-6H3/b23-10+. The van der Waals surface area contributed by atoms with Crippen LogP contribution in [0.2, 0.25) is 0 Å². The summed E-state index contributed by atoms with van der Waals surface area (Å²) in [5.74, 6) is 3.41. The molecule has 0 saturated carbocycles. The first kappa shape index (κ1) is 22.4. The first-order chi connectivity index (χ1) is 14.7. The Labute approximate surface area is 186 Å². The quantitative estimate of drug-likeness (QED) is 0.287. The van der Waals surface area contributed by atoms with Crippen molar-refractivity contribution >= 4 is 0 Å². The SMILES string of the molecule is CC(C)=C/C=C(\C)Oc1ccc(C(C)(C)c2ccc(Oc3ccc(C)cc3)cc2)cc1. The summed E-state index contributed by atoms with van der Waals surface area (Å²) in [7, 11) is 0. The van der Waals surface area contributed by atoms with Gasteiger partial charge in [-0.1, -0.05) is 67.5 Å². The lowest BCUT2D eigenvalue weighted by molar-refractivity contribution is 0.427. The summed E-state index contributed by atoms with van der Waals surface area (Å²) in [6.07, 6.45) is 4.05. The van der Waals surface area contributed by atoms with E-state index in [0.29, 0.717) is 0 Å². The molecule has 0 aromatic heterocycles. The van der Waals surface area contributed by atoms with Crippen molar-refractivity contribution in [3.05, 3.63) is 113 Å². The van der Waals surface area contributed by atoms with Gasteiger partial charge in [0.2, 0.25) is 0 Å². The maximum Gasteiger partial charge on any atom is 0.127 e. The molecule has 0 N–H and O–H groups in total. The number of hydrogen-bond donors (Lipinski definition) is 0. The molecule has 0 amide bonds. The Morgan fingerprint density at radius 3 is 1.58 bits per heavy atom. The van der Waals surface area contributed by atoms with Gasteiger partial charge in [0.1, 0.15) is 23.0 Å². The summed E-state index contributed by atoms with van der Waals surface area (Å²) in [4.78, 5) is 0. The molecule has 0 saturated heterocycles. The number of rotatable bonds is 7. The molecule has 0 aliphatic rings. The molecule has 3 aromatic rings. The predicted molar refractivity (Wildman–Crippen MR) is 130 cm³/mol. The highest BCUT2D eigenvalue weighted by Crippen LogP contribution is 2.34. The average molecular weight is 413 g/mol. The van der Waals surface area contributed by atoms with Crippen LogP contribution in [0.15, 0.2) is 96.3 Å². The van der Waals surface area contributed by atoms with E-state index >= 15 is 0 Å². The van der Waals surface area contributed by atoms with Crippen LogP contribution < -0.4 is 9.47 Å². The highest BCUT2D eigenvalue weighted by molar-refractivity contribution is 5.43. The maximum absolute atomic E-state index is 5.97. The lowest BCUT2D eigenvalue weighted by atomic mass is 9.78. The van der Waals surface area contributed by atoms with Crippen LogP contribution >= 0.6 is 0 Å². The van der Waals surface area contributed by atoms with Gasteiger partial charge < -0.3 is 9.47 Å². The number of ether oxygens (including phenoxy) is 2. The van der Waals surface area contributed by atoms with Gasteiger partial charge in [-0.25, -0.2) is 0 Å². The molecule has 0 aliphatic heterocycles. The van der Waals surface area contributed by atoms with Crippen molar-refractivity contribution in [3.8, 4) is 17.2 Å². The molecular weight excluding hydrogens is 380 g/mol. The van der Waals surface area contributed by atoms with Crippen LogP contribution in [0, 0.1) is 6.92 Å². The fourth-order valence-electron chi connectivity index (χ4n) is 3.29. The minimum Gasteiger partial charge on any atom is -0.462 e. The van der Waals surface area contributed by atoms with Crippen molar-refractivity contribution in [3.63, 3.8) is 0 Å². The van der Waals surface area contributed by atoms with Gasteiger partial charge in [-0.3, -0.25) is 0 Å². The van der Waals surface area contributed by atoms with Gasteiger partial charge in [0.15, 0.2) is 0 Å². The Hall–Kier alpha value is -3.26. The number of benzene rings is 3. The van der Waals surface area contributed by atoms with Crippen LogP contribution in [0.5, 0.6) is 17.2 Å². The molecular formula is C29H32O2. The third-order valence-corrected chi connectivity index (χ3v) is 5.34. The van der Waals surface area contributed by atoms with Crippen molar-refractivity contribution in [2.45, 2.75) is 47.0 Å². The summed E-state index contributed by atoms with van der Waals surface area (Å²) in [5.41, 5.74) is 4.80. The van der Waals surface area contributed by atoms with Crippen LogP contribution in [-0.4, -0.2) is 0 Å². The van der Waals surface area contributed by atoms with Gasteiger partial charge in [0.05, 0.1) is 0 Å².